The fourth-order valence-corrected chi connectivity index (χ4v) is 2.58. The molecule has 0 spiro atoms. The van der Waals surface area contributed by atoms with E-state index < -0.39 is 5.97 Å². The van der Waals surface area contributed by atoms with Crippen molar-refractivity contribution in [1.29, 1.82) is 0 Å². The first kappa shape index (κ1) is 13.7. The molecule has 2 aromatic rings. The van der Waals surface area contributed by atoms with E-state index in [1.165, 1.54) is 5.56 Å². The van der Waals surface area contributed by atoms with Gasteiger partial charge >= 0.3 is 5.97 Å². The van der Waals surface area contributed by atoms with Crippen LogP contribution in [0.5, 0.6) is 0 Å². The molecule has 0 amide bonds. The Morgan fingerprint density at radius 1 is 1.19 bits per heavy atom. The molecule has 1 aromatic heterocycles. The predicted octanol–water partition coefficient (Wildman–Crippen LogP) is 1.61. The standard InChI is InChI=1S/C16H17N3O2/c20-16(21)15-12-10-17-9-8-13(12)18-14(19-15)7-6-11-4-2-1-3-5-11/h1-5,17H,6-10H2,(H,20,21). The number of rotatable bonds is 4. The molecule has 2 heterocycles. The molecule has 0 saturated carbocycles. The van der Waals surface area contributed by atoms with Crippen molar-refractivity contribution >= 4 is 5.97 Å². The lowest BCUT2D eigenvalue weighted by molar-refractivity contribution is 0.0688. The van der Waals surface area contributed by atoms with Gasteiger partial charge in [0, 0.05) is 31.5 Å². The fourth-order valence-electron chi connectivity index (χ4n) is 2.58. The maximum atomic E-state index is 11.4. The average Bonchev–Trinajstić information content (AvgIpc) is 2.53. The van der Waals surface area contributed by atoms with Gasteiger partial charge in [0.05, 0.1) is 5.69 Å². The molecule has 0 atom stereocenters. The smallest absolute Gasteiger partial charge is 0.354 e. The highest BCUT2D eigenvalue weighted by Crippen LogP contribution is 2.16. The average molecular weight is 283 g/mol. The van der Waals surface area contributed by atoms with E-state index in [9.17, 15) is 9.90 Å². The summed E-state index contributed by atoms with van der Waals surface area (Å²) < 4.78 is 0. The highest BCUT2D eigenvalue weighted by Gasteiger charge is 2.21. The van der Waals surface area contributed by atoms with E-state index in [1.807, 2.05) is 18.2 Å². The number of carbonyl (C=O) groups is 1. The molecule has 108 valence electrons. The van der Waals surface area contributed by atoms with Crippen molar-refractivity contribution in [2.24, 2.45) is 0 Å². The number of hydrogen-bond acceptors (Lipinski definition) is 4. The van der Waals surface area contributed by atoms with Gasteiger partial charge in [0.15, 0.2) is 5.69 Å². The normalized spacial score (nSPS) is 13.7. The maximum Gasteiger partial charge on any atom is 0.354 e. The van der Waals surface area contributed by atoms with Crippen molar-refractivity contribution in [1.82, 2.24) is 15.3 Å². The Bertz CT molecular complexity index is 656. The molecule has 0 bridgehead atoms. The number of aromatic carboxylic acids is 1. The number of nitrogens with one attached hydrogen (secondary N) is 1. The summed E-state index contributed by atoms with van der Waals surface area (Å²) in [6, 6.07) is 10.1. The van der Waals surface area contributed by atoms with E-state index >= 15 is 0 Å². The summed E-state index contributed by atoms with van der Waals surface area (Å²) >= 11 is 0. The first-order valence-electron chi connectivity index (χ1n) is 7.10. The summed E-state index contributed by atoms with van der Waals surface area (Å²) in [5, 5.41) is 12.5. The van der Waals surface area contributed by atoms with Gasteiger partial charge < -0.3 is 10.4 Å². The molecule has 0 unspecified atom stereocenters. The Morgan fingerprint density at radius 3 is 2.76 bits per heavy atom. The molecule has 21 heavy (non-hydrogen) atoms. The molecule has 0 radical (unpaired) electrons. The van der Waals surface area contributed by atoms with Crippen LogP contribution in [0.1, 0.15) is 33.1 Å². The van der Waals surface area contributed by atoms with Crippen LogP contribution in [0.25, 0.3) is 0 Å². The van der Waals surface area contributed by atoms with Crippen molar-refractivity contribution in [2.75, 3.05) is 6.54 Å². The SMILES string of the molecule is O=C(O)c1nc(CCc2ccccc2)nc2c1CNCC2. The lowest BCUT2D eigenvalue weighted by Crippen LogP contribution is -2.28. The molecule has 5 nitrogen and oxygen atoms in total. The fraction of sp³-hybridized carbons (Fsp3) is 0.312. The van der Waals surface area contributed by atoms with Gasteiger partial charge in [-0.2, -0.15) is 0 Å². The van der Waals surface area contributed by atoms with Crippen LogP contribution in [-0.2, 0) is 25.8 Å². The van der Waals surface area contributed by atoms with Gasteiger partial charge in [-0.1, -0.05) is 30.3 Å². The summed E-state index contributed by atoms with van der Waals surface area (Å²) in [6.45, 7) is 1.37. The highest BCUT2D eigenvalue weighted by molar-refractivity contribution is 5.87. The zero-order valence-corrected chi connectivity index (χ0v) is 11.7. The highest BCUT2D eigenvalue weighted by atomic mass is 16.4. The predicted molar refractivity (Wildman–Crippen MR) is 78.3 cm³/mol. The van der Waals surface area contributed by atoms with E-state index in [4.69, 9.17) is 0 Å². The summed E-state index contributed by atoms with van der Waals surface area (Å²) in [7, 11) is 0. The van der Waals surface area contributed by atoms with Crippen LogP contribution in [0, 0.1) is 0 Å². The zero-order chi connectivity index (χ0) is 14.7. The summed E-state index contributed by atoms with van der Waals surface area (Å²) in [5.41, 5.74) is 2.97. The van der Waals surface area contributed by atoms with Crippen molar-refractivity contribution in [3.63, 3.8) is 0 Å². The van der Waals surface area contributed by atoms with Crippen LogP contribution >= 0.6 is 0 Å². The van der Waals surface area contributed by atoms with Crippen LogP contribution in [0.4, 0.5) is 0 Å². The molecule has 3 rings (SSSR count). The van der Waals surface area contributed by atoms with Gasteiger partial charge in [-0.3, -0.25) is 0 Å². The molecular weight excluding hydrogens is 266 g/mol. The molecule has 1 aliphatic heterocycles. The van der Waals surface area contributed by atoms with Gasteiger partial charge in [0.25, 0.3) is 0 Å². The second kappa shape index (κ2) is 6.01. The Balaban J connectivity index is 1.85. The minimum absolute atomic E-state index is 0.148. The van der Waals surface area contributed by atoms with Gasteiger partial charge in [0.1, 0.15) is 5.82 Å². The monoisotopic (exact) mass is 283 g/mol. The number of carboxylic acids is 1. The number of aromatic nitrogens is 2. The van der Waals surface area contributed by atoms with Gasteiger partial charge in [0.2, 0.25) is 0 Å². The van der Waals surface area contributed by atoms with Crippen molar-refractivity contribution in [2.45, 2.75) is 25.8 Å². The molecule has 0 saturated heterocycles. The Labute approximate surface area is 123 Å². The minimum Gasteiger partial charge on any atom is -0.476 e. The number of aryl methyl sites for hydroxylation is 2. The number of carboxylic acid groups (broad SMARTS) is 1. The molecular formula is C16H17N3O2. The molecule has 1 aliphatic rings. The summed E-state index contributed by atoms with van der Waals surface area (Å²) in [6.07, 6.45) is 2.23. The third kappa shape index (κ3) is 3.08. The van der Waals surface area contributed by atoms with Crippen molar-refractivity contribution in [3.05, 3.63) is 58.7 Å². The lowest BCUT2D eigenvalue weighted by atomic mass is 10.0. The van der Waals surface area contributed by atoms with Gasteiger partial charge in [-0.15, -0.1) is 0 Å². The Hall–Kier alpha value is -2.27. The minimum atomic E-state index is -0.974. The molecule has 1 aromatic carbocycles. The number of nitrogens with zero attached hydrogens (tertiary/aromatic N) is 2. The van der Waals surface area contributed by atoms with E-state index in [-0.39, 0.29) is 5.69 Å². The first-order valence-corrected chi connectivity index (χ1v) is 7.10. The van der Waals surface area contributed by atoms with E-state index in [1.54, 1.807) is 0 Å². The largest absolute Gasteiger partial charge is 0.476 e. The molecule has 0 aliphatic carbocycles. The van der Waals surface area contributed by atoms with E-state index in [0.29, 0.717) is 18.8 Å². The quantitative estimate of drug-likeness (QED) is 0.891. The molecule has 5 heteroatoms. The number of fused-ring (bicyclic) bond motifs is 1. The number of hydrogen-bond donors (Lipinski definition) is 2. The van der Waals surface area contributed by atoms with Crippen molar-refractivity contribution in [3.8, 4) is 0 Å². The Kier molecular flexibility index (Phi) is 3.92. The van der Waals surface area contributed by atoms with E-state index in [0.717, 1.165) is 30.6 Å². The van der Waals surface area contributed by atoms with E-state index in [2.05, 4.69) is 27.4 Å². The number of benzene rings is 1. The van der Waals surface area contributed by atoms with Crippen LogP contribution in [0.2, 0.25) is 0 Å². The van der Waals surface area contributed by atoms with Crippen LogP contribution in [-0.4, -0.2) is 27.6 Å². The van der Waals surface area contributed by atoms with Gasteiger partial charge in [-0.25, -0.2) is 14.8 Å². The van der Waals surface area contributed by atoms with Crippen LogP contribution < -0.4 is 5.32 Å². The van der Waals surface area contributed by atoms with Crippen molar-refractivity contribution < 1.29 is 9.90 Å². The molecule has 0 fully saturated rings. The van der Waals surface area contributed by atoms with Gasteiger partial charge in [-0.05, 0) is 12.0 Å². The summed E-state index contributed by atoms with van der Waals surface area (Å²) in [5.74, 6) is -0.352. The molecule has 2 N–H and O–H groups in total. The second-order valence-corrected chi connectivity index (χ2v) is 5.13. The maximum absolute atomic E-state index is 11.4. The Morgan fingerprint density at radius 2 is 2.00 bits per heavy atom. The first-order chi connectivity index (χ1) is 10.2. The lowest BCUT2D eigenvalue weighted by Gasteiger charge is -2.18. The third-order valence-corrected chi connectivity index (χ3v) is 3.66. The van der Waals surface area contributed by atoms with Crippen LogP contribution in [0.15, 0.2) is 30.3 Å². The summed E-state index contributed by atoms with van der Waals surface area (Å²) in [4.78, 5) is 20.2. The topological polar surface area (TPSA) is 75.1 Å². The second-order valence-electron chi connectivity index (χ2n) is 5.13. The third-order valence-electron chi connectivity index (χ3n) is 3.66. The van der Waals surface area contributed by atoms with Crippen LogP contribution in [0.3, 0.4) is 0 Å². The zero-order valence-electron chi connectivity index (χ0n) is 11.7.